The lowest BCUT2D eigenvalue weighted by molar-refractivity contribution is 0.0609. The minimum absolute atomic E-state index is 0.353. The first kappa shape index (κ1) is 13.3. The number of aliphatic hydroxyl groups excluding tert-OH is 1. The first-order chi connectivity index (χ1) is 7.72. The highest BCUT2D eigenvalue weighted by molar-refractivity contribution is 5.78. The Hall–Kier alpha value is -0.810. The third-order valence-electron chi connectivity index (χ3n) is 2.81. The van der Waals surface area contributed by atoms with Gasteiger partial charge in [0.2, 0.25) is 0 Å². The maximum atomic E-state index is 9.39. The van der Waals surface area contributed by atoms with E-state index in [1.54, 1.807) is 7.11 Å². The lowest BCUT2D eigenvalue weighted by atomic mass is 10.2. The van der Waals surface area contributed by atoms with E-state index in [2.05, 4.69) is 10.3 Å². The molecule has 0 heterocycles. The van der Waals surface area contributed by atoms with Gasteiger partial charge in [-0.15, -0.1) is 0 Å². The number of hydrogen-bond acceptors (Lipinski definition) is 3. The van der Waals surface area contributed by atoms with Crippen molar-refractivity contribution in [1.82, 2.24) is 5.32 Å². The van der Waals surface area contributed by atoms with Crippen LogP contribution in [0, 0.1) is 0 Å². The number of guanidine groups is 1. The third kappa shape index (κ3) is 5.32. The molecular weight excluding hydrogens is 206 g/mol. The maximum Gasteiger partial charge on any atom is 0.188 e. The molecule has 0 spiro atoms. The van der Waals surface area contributed by atoms with E-state index >= 15 is 0 Å². The summed E-state index contributed by atoms with van der Waals surface area (Å²) >= 11 is 0. The van der Waals surface area contributed by atoms with Crippen LogP contribution in [0.1, 0.15) is 32.1 Å². The molecule has 1 unspecified atom stereocenters. The maximum absolute atomic E-state index is 9.39. The van der Waals surface area contributed by atoms with Gasteiger partial charge < -0.3 is 20.9 Å². The van der Waals surface area contributed by atoms with E-state index in [0.29, 0.717) is 31.6 Å². The molecule has 0 aliphatic heterocycles. The summed E-state index contributed by atoms with van der Waals surface area (Å²) in [6.45, 7) is 0.890. The first-order valence-corrected chi connectivity index (χ1v) is 5.96. The molecule has 1 saturated carbocycles. The molecule has 1 atom stereocenters. The highest BCUT2D eigenvalue weighted by Crippen LogP contribution is 2.17. The van der Waals surface area contributed by atoms with Gasteiger partial charge in [-0.05, 0) is 19.3 Å². The molecule has 0 amide bonds. The van der Waals surface area contributed by atoms with E-state index in [1.165, 1.54) is 25.7 Å². The molecule has 1 aliphatic carbocycles. The van der Waals surface area contributed by atoms with Crippen molar-refractivity contribution in [2.75, 3.05) is 20.3 Å². The van der Waals surface area contributed by atoms with Crippen molar-refractivity contribution in [3.05, 3.63) is 0 Å². The van der Waals surface area contributed by atoms with Crippen LogP contribution in [0.25, 0.3) is 0 Å². The van der Waals surface area contributed by atoms with Crippen LogP contribution >= 0.6 is 0 Å². The van der Waals surface area contributed by atoms with Crippen LogP contribution in [0.4, 0.5) is 0 Å². The molecule has 5 heteroatoms. The number of methoxy groups -OCH3 is 1. The van der Waals surface area contributed by atoms with Gasteiger partial charge in [0.25, 0.3) is 0 Å². The number of aliphatic hydroxyl groups is 1. The number of rotatable bonds is 6. The summed E-state index contributed by atoms with van der Waals surface area (Å²) in [5.41, 5.74) is 5.74. The largest absolute Gasteiger partial charge is 0.391 e. The van der Waals surface area contributed by atoms with Crippen molar-refractivity contribution < 1.29 is 9.84 Å². The summed E-state index contributed by atoms with van der Waals surface area (Å²) in [5.74, 6) is 0.497. The van der Waals surface area contributed by atoms with Gasteiger partial charge in [0.05, 0.1) is 12.7 Å². The molecule has 0 saturated heterocycles. The average Bonchev–Trinajstić information content (AvgIpc) is 2.70. The van der Waals surface area contributed by atoms with Gasteiger partial charge in [-0.25, -0.2) is 0 Å². The Bertz CT molecular complexity index is 215. The monoisotopic (exact) mass is 229 g/mol. The summed E-state index contributed by atoms with van der Waals surface area (Å²) < 4.78 is 4.82. The molecule has 4 N–H and O–H groups in total. The number of nitrogens with two attached hydrogens (primary N) is 1. The predicted octanol–water partition coefficient (Wildman–Crippen LogP) is 0.231. The van der Waals surface area contributed by atoms with Crippen LogP contribution in [-0.4, -0.2) is 43.5 Å². The van der Waals surface area contributed by atoms with Crippen LogP contribution in [-0.2, 0) is 4.74 Å². The molecule has 1 fully saturated rings. The Morgan fingerprint density at radius 3 is 2.88 bits per heavy atom. The summed E-state index contributed by atoms with van der Waals surface area (Å²) in [4.78, 5) is 4.18. The smallest absolute Gasteiger partial charge is 0.188 e. The third-order valence-corrected chi connectivity index (χ3v) is 2.81. The lowest BCUT2D eigenvalue weighted by Gasteiger charge is -2.12. The number of ether oxygens (including phenoxy) is 1. The fourth-order valence-corrected chi connectivity index (χ4v) is 1.93. The second-order valence-electron chi connectivity index (χ2n) is 4.29. The second-order valence-corrected chi connectivity index (χ2v) is 4.29. The molecule has 5 nitrogen and oxygen atoms in total. The van der Waals surface area contributed by atoms with Gasteiger partial charge in [0, 0.05) is 19.7 Å². The molecular formula is C11H23N3O2. The second kappa shape index (κ2) is 7.46. The Balaban J connectivity index is 2.12. The standard InChI is InChI=1S/C11H23N3O2/c1-16-8-10(15)6-7-13-11(12)14-9-4-2-3-5-9/h9-10,15H,2-8H2,1H3,(H3,12,13,14). The Kier molecular flexibility index (Phi) is 6.18. The first-order valence-electron chi connectivity index (χ1n) is 5.96. The molecule has 16 heavy (non-hydrogen) atoms. The summed E-state index contributed by atoms with van der Waals surface area (Å²) in [7, 11) is 1.57. The van der Waals surface area contributed by atoms with E-state index in [0.717, 1.165) is 0 Å². The SMILES string of the molecule is COCC(O)CCN=C(N)NC1CCCC1. The summed E-state index contributed by atoms with van der Waals surface area (Å²) in [5, 5.41) is 12.6. The molecule has 0 bridgehead atoms. The van der Waals surface area contributed by atoms with Gasteiger partial charge in [0.15, 0.2) is 5.96 Å². The lowest BCUT2D eigenvalue weighted by Crippen LogP contribution is -2.38. The highest BCUT2D eigenvalue weighted by Gasteiger charge is 2.14. The van der Waals surface area contributed by atoms with Crippen LogP contribution in [0.3, 0.4) is 0 Å². The Morgan fingerprint density at radius 2 is 2.25 bits per heavy atom. The number of nitrogens with one attached hydrogen (secondary N) is 1. The fraction of sp³-hybridized carbons (Fsp3) is 0.909. The van der Waals surface area contributed by atoms with Gasteiger partial charge in [0.1, 0.15) is 0 Å². The molecule has 0 aromatic rings. The summed E-state index contributed by atoms with van der Waals surface area (Å²) in [6.07, 6.45) is 5.05. The van der Waals surface area contributed by atoms with Crippen LogP contribution in [0.5, 0.6) is 0 Å². The van der Waals surface area contributed by atoms with E-state index in [9.17, 15) is 5.11 Å². The van der Waals surface area contributed by atoms with E-state index in [4.69, 9.17) is 10.5 Å². The molecule has 1 rings (SSSR count). The zero-order chi connectivity index (χ0) is 11.8. The van der Waals surface area contributed by atoms with Gasteiger partial charge >= 0.3 is 0 Å². The molecule has 0 aromatic carbocycles. The summed E-state index contributed by atoms with van der Waals surface area (Å²) in [6, 6.07) is 0.493. The van der Waals surface area contributed by atoms with Crippen molar-refractivity contribution in [3.8, 4) is 0 Å². The van der Waals surface area contributed by atoms with Crippen molar-refractivity contribution >= 4 is 5.96 Å². The number of nitrogens with zero attached hydrogens (tertiary/aromatic N) is 1. The van der Waals surface area contributed by atoms with Gasteiger partial charge in [-0.2, -0.15) is 0 Å². The zero-order valence-corrected chi connectivity index (χ0v) is 9.98. The normalized spacial score (nSPS) is 20.0. The minimum Gasteiger partial charge on any atom is -0.391 e. The predicted molar refractivity (Wildman–Crippen MR) is 64.4 cm³/mol. The fourth-order valence-electron chi connectivity index (χ4n) is 1.93. The molecule has 0 aromatic heterocycles. The topological polar surface area (TPSA) is 79.9 Å². The van der Waals surface area contributed by atoms with E-state index in [-0.39, 0.29) is 0 Å². The quantitative estimate of drug-likeness (QED) is 0.450. The molecule has 0 radical (unpaired) electrons. The number of aliphatic imine (C=N–C) groups is 1. The van der Waals surface area contributed by atoms with Crippen LogP contribution < -0.4 is 11.1 Å². The van der Waals surface area contributed by atoms with E-state index < -0.39 is 6.10 Å². The van der Waals surface area contributed by atoms with Gasteiger partial charge in [-0.1, -0.05) is 12.8 Å². The highest BCUT2D eigenvalue weighted by atomic mass is 16.5. The Labute approximate surface area is 97.1 Å². The van der Waals surface area contributed by atoms with Gasteiger partial charge in [-0.3, -0.25) is 4.99 Å². The minimum atomic E-state index is -0.451. The molecule has 1 aliphatic rings. The van der Waals surface area contributed by atoms with Crippen LogP contribution in [0.15, 0.2) is 4.99 Å². The van der Waals surface area contributed by atoms with Crippen molar-refractivity contribution in [3.63, 3.8) is 0 Å². The Morgan fingerprint density at radius 1 is 1.56 bits per heavy atom. The van der Waals surface area contributed by atoms with E-state index in [1.807, 2.05) is 0 Å². The molecule has 94 valence electrons. The van der Waals surface area contributed by atoms with Crippen molar-refractivity contribution in [2.45, 2.75) is 44.2 Å². The van der Waals surface area contributed by atoms with Crippen molar-refractivity contribution in [2.24, 2.45) is 10.7 Å². The average molecular weight is 229 g/mol. The van der Waals surface area contributed by atoms with Crippen molar-refractivity contribution in [1.29, 1.82) is 0 Å². The zero-order valence-electron chi connectivity index (χ0n) is 9.98. The number of hydrogen-bond donors (Lipinski definition) is 3. The van der Waals surface area contributed by atoms with Crippen LogP contribution in [0.2, 0.25) is 0 Å².